The number of piperidine rings is 1. The number of nitrogens with zero attached hydrogens (tertiary/aromatic N) is 9. The number of carbonyl (C=O) groups excluding carboxylic acids is 1. The Balaban J connectivity index is 1.03. The quantitative estimate of drug-likeness (QED) is 0.420. The third-order valence-corrected chi connectivity index (χ3v) is 7.98. The molecule has 1 atom stereocenters. The molecule has 0 spiro atoms. The number of furan rings is 1. The fourth-order valence-corrected chi connectivity index (χ4v) is 5.64. The Kier molecular flexibility index (Phi) is 6.98. The Morgan fingerprint density at radius 1 is 1.05 bits per heavy atom. The average molecular weight is 567 g/mol. The normalized spacial score (nSPS) is 21.9. The predicted molar refractivity (Wildman–Crippen MR) is 135 cm³/mol. The van der Waals surface area contributed by atoms with E-state index in [0.29, 0.717) is 82.6 Å². The van der Waals surface area contributed by atoms with Crippen LogP contribution in [-0.4, -0.2) is 122 Å². The molecule has 0 aromatic carbocycles. The van der Waals surface area contributed by atoms with Crippen LogP contribution in [0.3, 0.4) is 0 Å². The Morgan fingerprint density at radius 2 is 1.80 bits per heavy atom. The van der Waals surface area contributed by atoms with Crippen LogP contribution in [0.4, 0.5) is 29.5 Å². The number of amides is 1. The summed E-state index contributed by atoms with van der Waals surface area (Å²) in [6.07, 6.45) is -0.203. The zero-order valence-electron chi connectivity index (χ0n) is 21.7. The van der Waals surface area contributed by atoms with Crippen molar-refractivity contribution >= 4 is 23.6 Å². The molecule has 40 heavy (non-hydrogen) atoms. The van der Waals surface area contributed by atoms with Crippen molar-refractivity contribution in [3.63, 3.8) is 0 Å². The van der Waals surface area contributed by atoms with Gasteiger partial charge in [-0.1, -0.05) is 0 Å². The smallest absolute Gasteiger partial charge is 0.319 e. The van der Waals surface area contributed by atoms with Crippen LogP contribution in [0, 0.1) is 0 Å². The SMILES string of the molecule is Nc1nc(N2CC[C@H]2C(=O)N2CCN(C3CCN(CC(F)(F)C(F)F)CC3)CC2)nc2nc(-c3ccco3)nn12. The topological polar surface area (TPSA) is 125 Å². The lowest BCUT2D eigenvalue weighted by atomic mass is 10.00. The lowest BCUT2D eigenvalue weighted by molar-refractivity contribution is -0.145. The van der Waals surface area contributed by atoms with Gasteiger partial charge in [0.1, 0.15) is 6.04 Å². The van der Waals surface area contributed by atoms with Crippen molar-refractivity contribution in [2.24, 2.45) is 0 Å². The van der Waals surface area contributed by atoms with E-state index < -0.39 is 24.9 Å². The van der Waals surface area contributed by atoms with Gasteiger partial charge < -0.3 is 20.0 Å². The van der Waals surface area contributed by atoms with E-state index in [2.05, 4.69) is 25.0 Å². The molecule has 6 heterocycles. The number of nitrogen functional groups attached to an aromatic ring is 1. The maximum atomic E-state index is 13.4. The summed E-state index contributed by atoms with van der Waals surface area (Å²) in [6.45, 7) is 2.83. The van der Waals surface area contributed by atoms with Crippen molar-refractivity contribution in [1.29, 1.82) is 0 Å². The molecule has 1 amide bonds. The largest absolute Gasteiger partial charge is 0.461 e. The van der Waals surface area contributed by atoms with Crippen LogP contribution in [0.1, 0.15) is 19.3 Å². The zero-order chi connectivity index (χ0) is 28.0. The number of carbonyl (C=O) groups is 1. The van der Waals surface area contributed by atoms with Gasteiger partial charge in [0.15, 0.2) is 5.76 Å². The standard InChI is InChI=1S/C24H30F4N10O2/c25-20(26)24(27,28)14-34-6-3-15(4-7-34)35-9-11-36(12-10-35)19(39)16-5-8-37(16)22-31-21(29)38-23(32-22)30-18(33-38)17-2-1-13-40-17/h1-2,13,15-16,20H,3-12,14H2,(H2,29,30,31,32,33)/t16-/m0/s1. The Morgan fingerprint density at radius 3 is 2.42 bits per heavy atom. The number of rotatable bonds is 7. The number of anilines is 2. The van der Waals surface area contributed by atoms with Crippen molar-refractivity contribution in [3.05, 3.63) is 18.4 Å². The lowest BCUT2D eigenvalue weighted by Gasteiger charge is -2.46. The number of halogens is 4. The fraction of sp³-hybridized carbons (Fsp3) is 0.625. The second-order valence-electron chi connectivity index (χ2n) is 10.4. The summed E-state index contributed by atoms with van der Waals surface area (Å²) in [6, 6.07) is 3.24. The predicted octanol–water partition coefficient (Wildman–Crippen LogP) is 1.45. The molecule has 0 aliphatic carbocycles. The summed E-state index contributed by atoms with van der Waals surface area (Å²) in [7, 11) is 0. The number of piperazine rings is 1. The molecule has 2 N–H and O–H groups in total. The molecule has 0 saturated carbocycles. The van der Waals surface area contributed by atoms with E-state index in [4.69, 9.17) is 10.2 Å². The van der Waals surface area contributed by atoms with Crippen LogP contribution in [0.15, 0.2) is 22.8 Å². The molecule has 3 aliphatic rings. The summed E-state index contributed by atoms with van der Waals surface area (Å²) in [5.41, 5.74) is 6.12. The van der Waals surface area contributed by atoms with Crippen molar-refractivity contribution in [2.75, 3.05) is 63.0 Å². The summed E-state index contributed by atoms with van der Waals surface area (Å²) < 4.78 is 58.6. The first-order valence-electron chi connectivity index (χ1n) is 13.3. The van der Waals surface area contributed by atoms with Crippen LogP contribution < -0.4 is 10.6 Å². The van der Waals surface area contributed by atoms with Gasteiger partial charge in [-0.15, -0.1) is 5.10 Å². The highest BCUT2D eigenvalue weighted by atomic mass is 19.3. The molecular weight excluding hydrogens is 536 g/mol. The average Bonchev–Trinajstić information content (AvgIpc) is 3.59. The first-order chi connectivity index (χ1) is 19.2. The van der Waals surface area contributed by atoms with Gasteiger partial charge in [0.2, 0.25) is 23.6 Å². The molecule has 3 aromatic rings. The summed E-state index contributed by atoms with van der Waals surface area (Å²) >= 11 is 0. The minimum absolute atomic E-state index is 0.00487. The van der Waals surface area contributed by atoms with Crippen LogP contribution in [0.25, 0.3) is 17.4 Å². The molecule has 3 saturated heterocycles. The van der Waals surface area contributed by atoms with E-state index >= 15 is 0 Å². The molecule has 3 aromatic heterocycles. The molecule has 3 aliphatic heterocycles. The second-order valence-corrected chi connectivity index (χ2v) is 10.4. The number of likely N-dealkylation sites (tertiary alicyclic amines) is 1. The second kappa shape index (κ2) is 10.5. The van der Waals surface area contributed by atoms with E-state index in [0.717, 1.165) is 0 Å². The number of hydrogen-bond donors (Lipinski definition) is 1. The number of aromatic nitrogens is 5. The van der Waals surface area contributed by atoms with Crippen molar-refractivity contribution in [3.8, 4) is 11.6 Å². The first-order valence-corrected chi connectivity index (χ1v) is 13.3. The molecule has 16 heteroatoms. The molecule has 0 bridgehead atoms. The highest BCUT2D eigenvalue weighted by Crippen LogP contribution is 2.29. The Labute approximate surface area is 226 Å². The maximum absolute atomic E-state index is 13.4. The van der Waals surface area contributed by atoms with Gasteiger partial charge in [-0.2, -0.15) is 28.2 Å². The van der Waals surface area contributed by atoms with Gasteiger partial charge in [-0.25, -0.2) is 8.78 Å². The van der Waals surface area contributed by atoms with Crippen LogP contribution in [0.2, 0.25) is 0 Å². The summed E-state index contributed by atoms with van der Waals surface area (Å²) in [5, 5.41) is 4.30. The van der Waals surface area contributed by atoms with Crippen LogP contribution >= 0.6 is 0 Å². The zero-order valence-corrected chi connectivity index (χ0v) is 21.7. The lowest BCUT2D eigenvalue weighted by Crippen LogP contribution is -2.61. The van der Waals surface area contributed by atoms with Gasteiger partial charge in [-0.3, -0.25) is 14.6 Å². The van der Waals surface area contributed by atoms with Gasteiger partial charge in [0, 0.05) is 38.8 Å². The number of fused-ring (bicyclic) bond motifs is 1. The van der Waals surface area contributed by atoms with E-state index in [1.165, 1.54) is 15.7 Å². The third-order valence-electron chi connectivity index (χ3n) is 7.98. The number of hydrogen-bond acceptors (Lipinski definition) is 10. The van der Waals surface area contributed by atoms with E-state index in [1.54, 1.807) is 12.1 Å². The van der Waals surface area contributed by atoms with Crippen molar-refractivity contribution in [1.82, 2.24) is 39.3 Å². The molecule has 0 radical (unpaired) electrons. The Hall–Kier alpha value is -3.53. The summed E-state index contributed by atoms with van der Waals surface area (Å²) in [5.74, 6) is -2.53. The minimum atomic E-state index is -3.99. The van der Waals surface area contributed by atoms with E-state index in [9.17, 15) is 22.4 Å². The highest BCUT2D eigenvalue weighted by molar-refractivity contribution is 5.86. The van der Waals surface area contributed by atoms with Crippen LogP contribution in [-0.2, 0) is 4.79 Å². The van der Waals surface area contributed by atoms with Gasteiger partial charge >= 0.3 is 12.3 Å². The maximum Gasteiger partial charge on any atom is 0.319 e. The van der Waals surface area contributed by atoms with Crippen molar-refractivity contribution < 1.29 is 26.8 Å². The first kappa shape index (κ1) is 26.7. The van der Waals surface area contributed by atoms with Crippen molar-refractivity contribution in [2.45, 2.75) is 43.7 Å². The fourth-order valence-electron chi connectivity index (χ4n) is 5.64. The molecule has 3 fully saturated rings. The monoisotopic (exact) mass is 566 g/mol. The molecule has 216 valence electrons. The number of nitrogens with two attached hydrogens (primary N) is 1. The number of alkyl halides is 4. The Bertz CT molecular complexity index is 1340. The minimum Gasteiger partial charge on any atom is -0.461 e. The third kappa shape index (κ3) is 5.05. The highest BCUT2D eigenvalue weighted by Gasteiger charge is 2.43. The molecule has 12 nitrogen and oxygen atoms in total. The van der Waals surface area contributed by atoms with Gasteiger partial charge in [-0.05, 0) is 44.5 Å². The van der Waals surface area contributed by atoms with E-state index in [1.807, 2.05) is 9.80 Å². The molecular formula is C24H30F4N10O2. The molecule has 0 unspecified atom stereocenters. The summed E-state index contributed by atoms with van der Waals surface area (Å²) in [4.78, 5) is 33.9. The van der Waals surface area contributed by atoms with Crippen LogP contribution in [0.5, 0.6) is 0 Å². The van der Waals surface area contributed by atoms with Gasteiger partial charge in [0.25, 0.3) is 5.78 Å². The van der Waals surface area contributed by atoms with E-state index in [-0.39, 0.29) is 23.7 Å². The van der Waals surface area contributed by atoms with Gasteiger partial charge in [0.05, 0.1) is 12.8 Å². The molecule has 6 rings (SSSR count).